The fourth-order valence-electron chi connectivity index (χ4n) is 3.31. The first-order valence-electron chi connectivity index (χ1n) is 9.76. The molecule has 0 unspecified atom stereocenters. The highest BCUT2D eigenvalue weighted by atomic mass is 32.2. The molecule has 2 aromatic carbocycles. The maximum Gasteiger partial charge on any atom is 0.236 e. The number of hydrogen-bond donors (Lipinski definition) is 2. The van der Waals surface area contributed by atoms with Gasteiger partial charge in [-0.05, 0) is 43.7 Å². The van der Waals surface area contributed by atoms with Crippen molar-refractivity contribution in [2.75, 3.05) is 11.1 Å². The smallest absolute Gasteiger partial charge is 0.236 e. The van der Waals surface area contributed by atoms with E-state index in [1.165, 1.54) is 23.9 Å². The Bertz CT molecular complexity index is 1310. The first-order chi connectivity index (χ1) is 15.5. The highest BCUT2D eigenvalue weighted by molar-refractivity contribution is 7.99. The second-order valence-electron chi connectivity index (χ2n) is 7.03. The molecule has 32 heavy (non-hydrogen) atoms. The molecule has 0 aliphatic heterocycles. The zero-order valence-electron chi connectivity index (χ0n) is 17.4. The van der Waals surface area contributed by atoms with Gasteiger partial charge < -0.3 is 5.32 Å². The second-order valence-corrected chi connectivity index (χ2v) is 7.97. The predicted molar refractivity (Wildman–Crippen MR) is 121 cm³/mol. The van der Waals surface area contributed by atoms with Crippen molar-refractivity contribution in [3.8, 4) is 23.1 Å². The Hall–Kier alpha value is -3.90. The van der Waals surface area contributed by atoms with Gasteiger partial charge in [0.15, 0.2) is 5.82 Å². The summed E-state index contributed by atoms with van der Waals surface area (Å²) >= 11 is 1.18. The number of benzene rings is 2. The van der Waals surface area contributed by atoms with Crippen molar-refractivity contribution in [2.45, 2.75) is 19.0 Å². The van der Waals surface area contributed by atoms with Crippen LogP contribution in [0.25, 0.3) is 17.1 Å². The third-order valence-electron chi connectivity index (χ3n) is 5.01. The molecule has 0 bridgehead atoms. The number of aromatic nitrogens is 4. The van der Waals surface area contributed by atoms with E-state index in [4.69, 9.17) is 0 Å². The highest BCUT2D eigenvalue weighted by Crippen LogP contribution is 2.30. The van der Waals surface area contributed by atoms with E-state index in [2.05, 4.69) is 26.6 Å². The van der Waals surface area contributed by atoms with Gasteiger partial charge in [-0.3, -0.25) is 14.5 Å². The van der Waals surface area contributed by atoms with E-state index in [-0.39, 0.29) is 17.5 Å². The highest BCUT2D eigenvalue weighted by Gasteiger charge is 2.21. The molecule has 160 valence electrons. The fourth-order valence-corrected chi connectivity index (χ4v) is 3.91. The lowest BCUT2D eigenvalue weighted by molar-refractivity contribution is -0.113. The first kappa shape index (κ1) is 21.3. The Kier molecular flexibility index (Phi) is 6.05. The van der Waals surface area contributed by atoms with Gasteiger partial charge in [-0.25, -0.2) is 9.37 Å². The molecule has 1 amide bonds. The number of halogens is 1. The Morgan fingerprint density at radius 3 is 2.59 bits per heavy atom. The summed E-state index contributed by atoms with van der Waals surface area (Å²) in [6, 6.07) is 17.6. The molecular formula is C23H19FN6OS. The monoisotopic (exact) mass is 446 g/mol. The molecule has 0 aliphatic rings. The maximum absolute atomic E-state index is 13.4. The molecule has 0 saturated carbocycles. The number of thioether (sulfide) groups is 1. The Balaban J connectivity index is 1.52. The van der Waals surface area contributed by atoms with E-state index in [0.29, 0.717) is 28.0 Å². The van der Waals surface area contributed by atoms with Gasteiger partial charge in [-0.1, -0.05) is 42.1 Å². The molecule has 0 aliphatic carbocycles. The normalized spacial score (nSPS) is 10.7. The van der Waals surface area contributed by atoms with Crippen LogP contribution in [0.5, 0.6) is 0 Å². The molecule has 0 spiro atoms. The van der Waals surface area contributed by atoms with Crippen molar-refractivity contribution in [1.82, 2.24) is 19.7 Å². The zero-order valence-corrected chi connectivity index (χ0v) is 18.2. The number of H-pyrrole nitrogens is 1. The minimum Gasteiger partial charge on any atom is -0.310 e. The van der Waals surface area contributed by atoms with Gasteiger partial charge in [0, 0.05) is 16.9 Å². The number of anilines is 1. The van der Waals surface area contributed by atoms with Gasteiger partial charge in [-0.2, -0.15) is 5.26 Å². The van der Waals surface area contributed by atoms with Crippen molar-refractivity contribution in [3.63, 3.8) is 0 Å². The largest absolute Gasteiger partial charge is 0.310 e. The number of carbonyl (C=O) groups excluding carboxylic acids is 1. The van der Waals surface area contributed by atoms with E-state index < -0.39 is 0 Å². The molecule has 0 atom stereocenters. The van der Waals surface area contributed by atoms with Gasteiger partial charge >= 0.3 is 0 Å². The summed E-state index contributed by atoms with van der Waals surface area (Å²) in [5, 5.41) is 20.0. The average Bonchev–Trinajstić information content (AvgIpc) is 3.37. The van der Waals surface area contributed by atoms with Gasteiger partial charge in [-0.15, -0.1) is 5.10 Å². The number of nitrogens with zero attached hydrogens (tertiary/aromatic N) is 4. The SMILES string of the molecule is Cc1c(C#N)c(NC(=O)CSc2n[nH]c(-c3ccccc3)n2)n(-c2ccc(F)cc2)c1C. The van der Waals surface area contributed by atoms with Crippen LogP contribution in [0.15, 0.2) is 59.8 Å². The molecule has 2 N–H and O–H groups in total. The first-order valence-corrected chi connectivity index (χ1v) is 10.7. The van der Waals surface area contributed by atoms with Crippen molar-refractivity contribution in [3.05, 3.63) is 77.2 Å². The van der Waals surface area contributed by atoms with Crippen LogP contribution in [-0.2, 0) is 4.79 Å². The maximum atomic E-state index is 13.4. The van der Waals surface area contributed by atoms with Crippen molar-refractivity contribution >= 4 is 23.5 Å². The molecule has 7 nitrogen and oxygen atoms in total. The van der Waals surface area contributed by atoms with E-state index in [0.717, 1.165) is 16.8 Å². The van der Waals surface area contributed by atoms with Crippen LogP contribution < -0.4 is 5.32 Å². The lowest BCUT2D eigenvalue weighted by Crippen LogP contribution is -2.17. The summed E-state index contributed by atoms with van der Waals surface area (Å²) in [5.41, 5.74) is 3.46. The molecule has 4 aromatic rings. The number of amides is 1. The lowest BCUT2D eigenvalue weighted by Gasteiger charge is -2.13. The number of nitriles is 1. The number of nitrogens with one attached hydrogen (secondary N) is 2. The minimum absolute atomic E-state index is 0.0592. The summed E-state index contributed by atoms with van der Waals surface area (Å²) < 4.78 is 15.1. The zero-order chi connectivity index (χ0) is 22.7. The van der Waals surface area contributed by atoms with Crippen LogP contribution in [0.3, 0.4) is 0 Å². The predicted octanol–water partition coefficient (Wildman–Crippen LogP) is 4.62. The van der Waals surface area contributed by atoms with Gasteiger partial charge in [0.2, 0.25) is 11.1 Å². The van der Waals surface area contributed by atoms with Crippen molar-refractivity contribution in [1.29, 1.82) is 5.26 Å². The minimum atomic E-state index is -0.362. The van der Waals surface area contributed by atoms with Crippen LogP contribution in [-0.4, -0.2) is 31.4 Å². The fraction of sp³-hybridized carbons (Fsp3) is 0.130. The van der Waals surface area contributed by atoms with Crippen LogP contribution in [0.1, 0.15) is 16.8 Å². The standard InChI is InChI=1S/C23H19FN6OS/c1-14-15(2)30(18-10-8-17(24)9-11-18)22(19(14)12-25)26-20(31)13-32-23-27-21(28-29-23)16-6-4-3-5-7-16/h3-11H,13H2,1-2H3,(H,26,31)(H,27,28,29). The van der Waals surface area contributed by atoms with Crippen LogP contribution in [0.2, 0.25) is 0 Å². The molecule has 2 aromatic heterocycles. The molecule has 0 fully saturated rings. The number of aromatic amines is 1. The average molecular weight is 447 g/mol. The molecular weight excluding hydrogens is 427 g/mol. The summed E-state index contributed by atoms with van der Waals surface area (Å²) in [4.78, 5) is 17.1. The summed E-state index contributed by atoms with van der Waals surface area (Å²) in [7, 11) is 0. The molecule has 0 saturated heterocycles. The molecule has 2 heterocycles. The van der Waals surface area contributed by atoms with Crippen LogP contribution in [0, 0.1) is 31.0 Å². The summed E-state index contributed by atoms with van der Waals surface area (Å²) in [6.07, 6.45) is 0. The topological polar surface area (TPSA) is 99.4 Å². The Morgan fingerprint density at radius 1 is 1.19 bits per heavy atom. The van der Waals surface area contributed by atoms with Gasteiger partial charge in [0.05, 0.1) is 11.3 Å². The Labute approximate surface area is 188 Å². The third-order valence-corrected chi connectivity index (χ3v) is 5.86. The second kappa shape index (κ2) is 9.08. The summed E-state index contributed by atoms with van der Waals surface area (Å²) in [5.74, 6) is 0.373. The Morgan fingerprint density at radius 2 is 1.91 bits per heavy atom. The van der Waals surface area contributed by atoms with Crippen LogP contribution in [0.4, 0.5) is 10.2 Å². The number of carbonyl (C=O) groups is 1. The third kappa shape index (κ3) is 4.26. The molecule has 4 rings (SSSR count). The van der Waals surface area contributed by atoms with E-state index in [1.54, 1.807) is 16.7 Å². The van der Waals surface area contributed by atoms with Crippen molar-refractivity contribution < 1.29 is 9.18 Å². The van der Waals surface area contributed by atoms with E-state index >= 15 is 0 Å². The van der Waals surface area contributed by atoms with Crippen molar-refractivity contribution in [2.24, 2.45) is 0 Å². The van der Waals surface area contributed by atoms with E-state index in [1.807, 2.05) is 44.2 Å². The van der Waals surface area contributed by atoms with E-state index in [9.17, 15) is 14.4 Å². The molecule has 9 heteroatoms. The van der Waals surface area contributed by atoms with Gasteiger partial charge in [0.1, 0.15) is 17.7 Å². The molecule has 0 radical (unpaired) electrons. The summed E-state index contributed by atoms with van der Waals surface area (Å²) in [6.45, 7) is 3.67. The lowest BCUT2D eigenvalue weighted by atomic mass is 10.2. The van der Waals surface area contributed by atoms with Gasteiger partial charge in [0.25, 0.3) is 0 Å². The van der Waals surface area contributed by atoms with Crippen LogP contribution >= 0.6 is 11.8 Å². The quantitative estimate of drug-likeness (QED) is 0.421. The number of rotatable bonds is 6. The number of hydrogen-bond acceptors (Lipinski definition) is 5.